The molecule has 5 heterocycles. The highest BCUT2D eigenvalue weighted by atomic mass is 28.3. The number of benzene rings is 1. The molecule has 0 fully saturated rings. The van der Waals surface area contributed by atoms with Crippen molar-refractivity contribution in [1.82, 2.24) is 38.9 Å². The number of H-pyrrole nitrogens is 1. The lowest BCUT2D eigenvalue weighted by atomic mass is 10.1. The van der Waals surface area contributed by atoms with E-state index in [0.29, 0.717) is 30.5 Å². The Balaban J connectivity index is 1.42. The van der Waals surface area contributed by atoms with Gasteiger partial charge in [-0.2, -0.15) is 10.2 Å². The molecule has 0 saturated carbocycles. The molecule has 12 heteroatoms. The molecule has 6 rings (SSSR count). The highest BCUT2D eigenvalue weighted by molar-refractivity contribution is 6.76. The molecule has 11 nitrogen and oxygen atoms in total. The molecule has 42 heavy (non-hydrogen) atoms. The minimum atomic E-state index is -1.21. The number of hydrogen-bond donors (Lipinski definition) is 2. The number of rotatable bonds is 10. The van der Waals surface area contributed by atoms with Crippen LogP contribution in [0, 0.1) is 6.92 Å². The number of aromatic amines is 1. The fourth-order valence-electron chi connectivity index (χ4n) is 5.09. The van der Waals surface area contributed by atoms with E-state index in [2.05, 4.69) is 45.1 Å². The molecule has 1 atom stereocenters. The Kier molecular flexibility index (Phi) is 7.25. The molecule has 2 N–H and O–H groups in total. The third-order valence-electron chi connectivity index (χ3n) is 7.34. The van der Waals surface area contributed by atoms with Gasteiger partial charge in [0.15, 0.2) is 5.82 Å². The Morgan fingerprint density at radius 1 is 1.10 bits per heavy atom. The first-order valence-electron chi connectivity index (χ1n) is 14.1. The Morgan fingerprint density at radius 3 is 2.64 bits per heavy atom. The summed E-state index contributed by atoms with van der Waals surface area (Å²) >= 11 is 0. The number of ether oxygens (including phenoxy) is 1. The van der Waals surface area contributed by atoms with Crippen molar-refractivity contribution in [3.8, 4) is 16.9 Å². The van der Waals surface area contributed by atoms with Crippen molar-refractivity contribution in [3.05, 3.63) is 89.1 Å². The van der Waals surface area contributed by atoms with Gasteiger partial charge >= 0.3 is 0 Å². The van der Waals surface area contributed by atoms with E-state index in [9.17, 15) is 4.79 Å². The molecule has 216 valence electrons. The summed E-state index contributed by atoms with van der Waals surface area (Å²) in [6.07, 6.45) is 7.10. The summed E-state index contributed by atoms with van der Waals surface area (Å²) in [5.41, 5.74) is 4.52. The summed E-state index contributed by atoms with van der Waals surface area (Å²) in [7, 11) is -1.21. The highest BCUT2D eigenvalue weighted by Crippen LogP contribution is 2.34. The second-order valence-corrected chi connectivity index (χ2v) is 17.4. The number of nitrogens with one attached hydrogen (secondary N) is 2. The molecule has 0 aliphatic rings. The number of para-hydroxylation sites is 1. The second-order valence-electron chi connectivity index (χ2n) is 11.7. The van der Waals surface area contributed by atoms with E-state index in [1.54, 1.807) is 21.6 Å². The molecule has 1 unspecified atom stereocenters. The van der Waals surface area contributed by atoms with Gasteiger partial charge in [-0.15, -0.1) is 0 Å². The zero-order valence-electron chi connectivity index (χ0n) is 24.5. The quantitative estimate of drug-likeness (QED) is 0.164. The number of aromatic nitrogens is 8. The van der Waals surface area contributed by atoms with Gasteiger partial charge in [-0.1, -0.05) is 37.8 Å². The van der Waals surface area contributed by atoms with Gasteiger partial charge in [0.1, 0.15) is 30.0 Å². The van der Waals surface area contributed by atoms with Crippen LogP contribution in [0.15, 0.2) is 72.2 Å². The molecule has 1 aromatic carbocycles. The van der Waals surface area contributed by atoms with Crippen LogP contribution in [0.1, 0.15) is 24.4 Å². The zero-order chi connectivity index (χ0) is 29.4. The van der Waals surface area contributed by atoms with E-state index in [0.717, 1.165) is 39.6 Å². The minimum absolute atomic E-state index is 0.130. The number of hydrogen-bond acceptors (Lipinski definition) is 7. The number of nitrogens with zero attached hydrogens (tertiary/aromatic N) is 7. The zero-order valence-corrected chi connectivity index (χ0v) is 25.5. The molecule has 0 amide bonds. The Labute approximate surface area is 244 Å². The maximum absolute atomic E-state index is 13.8. The highest BCUT2D eigenvalue weighted by Gasteiger charge is 2.23. The summed E-state index contributed by atoms with van der Waals surface area (Å²) in [4.78, 5) is 23.1. The Bertz CT molecular complexity index is 1900. The molecule has 6 aromatic rings. The van der Waals surface area contributed by atoms with E-state index in [-0.39, 0.29) is 5.56 Å². The second kappa shape index (κ2) is 11.0. The third-order valence-corrected chi connectivity index (χ3v) is 9.04. The Hall–Kier alpha value is -4.55. The number of aryl methyl sites for hydroxylation is 1. The predicted octanol–water partition coefficient (Wildman–Crippen LogP) is 5.41. The minimum Gasteiger partial charge on any atom is -0.361 e. The maximum atomic E-state index is 13.8. The van der Waals surface area contributed by atoms with Crippen LogP contribution < -0.4 is 10.9 Å². The average Bonchev–Trinajstić information content (AvgIpc) is 3.71. The first-order valence-corrected chi connectivity index (χ1v) is 17.8. The van der Waals surface area contributed by atoms with Gasteiger partial charge in [-0.25, -0.2) is 14.5 Å². The lowest BCUT2D eigenvalue weighted by molar-refractivity contribution is 0.0899. The first-order chi connectivity index (χ1) is 20.2. The third kappa shape index (κ3) is 5.26. The lowest BCUT2D eigenvalue weighted by Crippen LogP contribution is -2.29. The predicted molar refractivity (Wildman–Crippen MR) is 167 cm³/mol. The number of fused-ring (bicyclic) bond motifs is 2. The molecule has 0 aliphatic heterocycles. The van der Waals surface area contributed by atoms with Crippen LogP contribution in [-0.2, 0) is 11.5 Å². The van der Waals surface area contributed by atoms with Gasteiger partial charge in [0.25, 0.3) is 5.56 Å². The van der Waals surface area contributed by atoms with Crippen molar-refractivity contribution in [3.63, 3.8) is 0 Å². The summed E-state index contributed by atoms with van der Waals surface area (Å²) in [6, 6.07) is 14.1. The van der Waals surface area contributed by atoms with Crippen LogP contribution in [-0.4, -0.2) is 53.6 Å². The van der Waals surface area contributed by atoms with Crippen molar-refractivity contribution in [2.75, 3.05) is 11.9 Å². The van der Waals surface area contributed by atoms with Crippen LogP contribution in [0.2, 0.25) is 25.7 Å². The van der Waals surface area contributed by atoms with Crippen LogP contribution in [0.3, 0.4) is 0 Å². The van der Waals surface area contributed by atoms with E-state index in [4.69, 9.17) is 9.84 Å². The fourth-order valence-corrected chi connectivity index (χ4v) is 5.85. The van der Waals surface area contributed by atoms with Gasteiger partial charge in [0, 0.05) is 38.8 Å². The topological polar surface area (TPSA) is 120 Å². The average molecular weight is 582 g/mol. The normalized spacial score (nSPS) is 12.8. The standard InChI is InChI=1S/C30H35N9O2Si/c1-20-12-14-38-26(20)30(40)39(22-9-7-6-8-10-22)28(36-38)21(2)34-27-25-23(24-11-13-33-35-24)17-37(29(25)32-18-31-27)19-41-15-16-42(3,4)5/h6-14,17-18,21H,15-16,19H2,1-5H3,(H,33,35)(H,31,32,34). The molecule has 5 aromatic heterocycles. The van der Waals surface area contributed by atoms with Gasteiger partial charge in [-0.05, 0) is 49.7 Å². The van der Waals surface area contributed by atoms with Crippen molar-refractivity contribution in [1.29, 1.82) is 0 Å². The molecular formula is C30H35N9O2Si. The van der Waals surface area contributed by atoms with Crippen LogP contribution >= 0.6 is 0 Å². The van der Waals surface area contributed by atoms with E-state index in [1.165, 1.54) is 0 Å². The smallest absolute Gasteiger partial charge is 0.282 e. The van der Waals surface area contributed by atoms with Gasteiger partial charge in [-0.3, -0.25) is 14.5 Å². The first kappa shape index (κ1) is 27.6. The maximum Gasteiger partial charge on any atom is 0.282 e. The molecule has 0 saturated heterocycles. The molecule has 0 aliphatic carbocycles. The van der Waals surface area contributed by atoms with E-state index >= 15 is 0 Å². The van der Waals surface area contributed by atoms with Crippen LogP contribution in [0.25, 0.3) is 33.5 Å². The van der Waals surface area contributed by atoms with Gasteiger partial charge in [0.2, 0.25) is 0 Å². The summed E-state index contributed by atoms with van der Waals surface area (Å²) < 4.78 is 11.4. The molecule has 0 radical (unpaired) electrons. The molecule has 0 spiro atoms. The molecule has 0 bridgehead atoms. The summed E-state index contributed by atoms with van der Waals surface area (Å²) in [6.45, 7) is 12.0. The largest absolute Gasteiger partial charge is 0.361 e. The van der Waals surface area contributed by atoms with Gasteiger partial charge in [0.05, 0.1) is 22.8 Å². The number of anilines is 1. The van der Waals surface area contributed by atoms with Crippen molar-refractivity contribution in [2.24, 2.45) is 0 Å². The van der Waals surface area contributed by atoms with E-state index in [1.807, 2.05) is 73.3 Å². The SMILES string of the molecule is Cc1ccn2nc(C(C)Nc3ncnc4c3c(-c3ccn[nH]3)cn4COCC[Si](C)(C)C)n(-c3ccccc3)c(=O)c12. The van der Waals surface area contributed by atoms with Gasteiger partial charge < -0.3 is 14.6 Å². The van der Waals surface area contributed by atoms with Crippen molar-refractivity contribution >= 4 is 30.4 Å². The van der Waals surface area contributed by atoms with Crippen LogP contribution in [0.5, 0.6) is 0 Å². The summed E-state index contributed by atoms with van der Waals surface area (Å²) in [5, 5.41) is 16.5. The summed E-state index contributed by atoms with van der Waals surface area (Å²) in [5.74, 6) is 1.17. The van der Waals surface area contributed by atoms with Crippen molar-refractivity contribution in [2.45, 2.75) is 52.3 Å². The van der Waals surface area contributed by atoms with Crippen molar-refractivity contribution < 1.29 is 4.74 Å². The lowest BCUT2D eigenvalue weighted by Gasteiger charge is -2.20. The van der Waals surface area contributed by atoms with E-state index < -0.39 is 14.1 Å². The van der Waals surface area contributed by atoms with Crippen LogP contribution in [0.4, 0.5) is 5.82 Å². The fraction of sp³-hybridized carbons (Fsp3) is 0.300. The molecular weight excluding hydrogens is 546 g/mol. The Morgan fingerprint density at radius 2 is 1.90 bits per heavy atom. The monoisotopic (exact) mass is 581 g/mol.